The summed E-state index contributed by atoms with van der Waals surface area (Å²) in [7, 11) is -3.93. The number of nitrogens with two attached hydrogens (primary N) is 1. The minimum absolute atomic E-state index is 0.117. The van der Waals surface area contributed by atoms with Crippen LogP contribution in [0.4, 0.5) is 5.00 Å². The van der Waals surface area contributed by atoms with Crippen LogP contribution in [0.25, 0.3) is 0 Å². The molecule has 31 heavy (non-hydrogen) atoms. The standard InChI is InChI=1S/C19H26N6O4S2/c1-14(18(20)26)25(17-12-22-13-30-17)19(27)16(11-15-5-3-2-4-6-15)23-31(28,29)24-9-7-21-8-10-24/h2-6,12-14,16,21,23H,7-11H2,1H3,(H2,20,26)/t14-,16-/m0/s1. The molecule has 168 valence electrons. The Balaban J connectivity index is 1.93. The number of amides is 2. The summed E-state index contributed by atoms with van der Waals surface area (Å²) < 4.78 is 29.9. The van der Waals surface area contributed by atoms with Crippen molar-refractivity contribution in [2.75, 3.05) is 31.1 Å². The monoisotopic (exact) mass is 466 g/mol. The summed E-state index contributed by atoms with van der Waals surface area (Å²) in [6, 6.07) is 6.98. The van der Waals surface area contributed by atoms with Gasteiger partial charge in [0.05, 0.1) is 11.7 Å². The molecule has 12 heteroatoms. The van der Waals surface area contributed by atoms with Gasteiger partial charge in [0.25, 0.3) is 10.2 Å². The van der Waals surface area contributed by atoms with Gasteiger partial charge in [-0.2, -0.15) is 17.4 Å². The molecular weight excluding hydrogens is 440 g/mol. The molecule has 10 nitrogen and oxygen atoms in total. The number of aromatic nitrogens is 1. The van der Waals surface area contributed by atoms with Gasteiger partial charge in [-0.25, -0.2) is 0 Å². The Morgan fingerprint density at radius 2 is 1.97 bits per heavy atom. The van der Waals surface area contributed by atoms with E-state index in [1.807, 2.05) is 30.3 Å². The van der Waals surface area contributed by atoms with Crippen LogP contribution >= 0.6 is 11.3 Å². The second-order valence-electron chi connectivity index (χ2n) is 7.14. The van der Waals surface area contributed by atoms with Crippen molar-refractivity contribution in [1.29, 1.82) is 0 Å². The smallest absolute Gasteiger partial charge is 0.280 e. The van der Waals surface area contributed by atoms with Crippen molar-refractivity contribution in [3.63, 3.8) is 0 Å². The maximum absolute atomic E-state index is 13.6. The number of benzene rings is 1. The number of hydrogen-bond acceptors (Lipinski definition) is 7. The zero-order chi connectivity index (χ0) is 22.4. The van der Waals surface area contributed by atoms with Crippen LogP contribution in [0.3, 0.4) is 0 Å². The zero-order valence-corrected chi connectivity index (χ0v) is 18.7. The second kappa shape index (κ2) is 10.3. The molecule has 1 aliphatic heterocycles. The number of piperazine rings is 1. The summed E-state index contributed by atoms with van der Waals surface area (Å²) in [5.41, 5.74) is 7.78. The van der Waals surface area contributed by atoms with Gasteiger partial charge < -0.3 is 11.1 Å². The normalized spacial score (nSPS) is 17.1. The van der Waals surface area contributed by atoms with Gasteiger partial charge in [-0.1, -0.05) is 30.3 Å². The molecule has 2 heterocycles. The molecule has 0 saturated carbocycles. The third-order valence-corrected chi connectivity index (χ3v) is 7.38. The summed E-state index contributed by atoms with van der Waals surface area (Å²) >= 11 is 1.17. The Bertz CT molecular complexity index is 978. The largest absolute Gasteiger partial charge is 0.368 e. The number of primary amides is 1. The van der Waals surface area contributed by atoms with Crippen LogP contribution in [-0.4, -0.2) is 67.8 Å². The van der Waals surface area contributed by atoms with Gasteiger partial charge >= 0.3 is 0 Å². The Kier molecular flexibility index (Phi) is 7.73. The third-order valence-electron chi connectivity index (χ3n) is 4.98. The lowest BCUT2D eigenvalue weighted by atomic mass is 10.0. The average molecular weight is 467 g/mol. The number of nitrogens with zero attached hydrogens (tertiary/aromatic N) is 3. The molecule has 0 unspecified atom stereocenters. The maximum atomic E-state index is 13.6. The van der Waals surface area contributed by atoms with Crippen LogP contribution in [0.5, 0.6) is 0 Å². The van der Waals surface area contributed by atoms with Crippen LogP contribution in [-0.2, 0) is 26.2 Å². The van der Waals surface area contributed by atoms with E-state index in [-0.39, 0.29) is 6.42 Å². The van der Waals surface area contributed by atoms with E-state index in [1.54, 1.807) is 0 Å². The summed E-state index contributed by atoms with van der Waals surface area (Å²) in [5.74, 6) is -1.27. The van der Waals surface area contributed by atoms with Crippen molar-refractivity contribution in [2.45, 2.75) is 25.4 Å². The number of carbonyl (C=O) groups excluding carboxylic acids is 2. The minimum atomic E-state index is -3.93. The number of hydrogen-bond donors (Lipinski definition) is 3. The Morgan fingerprint density at radius 3 is 2.55 bits per heavy atom. The molecule has 2 amide bonds. The number of nitrogens with one attached hydrogen (secondary N) is 2. The van der Waals surface area contributed by atoms with E-state index in [9.17, 15) is 18.0 Å². The molecule has 0 spiro atoms. The van der Waals surface area contributed by atoms with Gasteiger partial charge in [0.2, 0.25) is 11.8 Å². The van der Waals surface area contributed by atoms with E-state index >= 15 is 0 Å². The first-order chi connectivity index (χ1) is 14.8. The molecule has 0 aliphatic carbocycles. The van der Waals surface area contributed by atoms with Crippen molar-refractivity contribution in [3.05, 3.63) is 47.6 Å². The van der Waals surface area contributed by atoms with Gasteiger partial charge in [0.15, 0.2) is 0 Å². The third kappa shape index (κ3) is 5.86. The molecule has 1 aliphatic rings. The van der Waals surface area contributed by atoms with Crippen molar-refractivity contribution in [2.24, 2.45) is 5.73 Å². The highest BCUT2D eigenvalue weighted by molar-refractivity contribution is 7.87. The highest BCUT2D eigenvalue weighted by atomic mass is 32.2. The molecule has 4 N–H and O–H groups in total. The van der Waals surface area contributed by atoms with Gasteiger partial charge in [0.1, 0.15) is 17.1 Å². The zero-order valence-electron chi connectivity index (χ0n) is 17.1. The van der Waals surface area contributed by atoms with E-state index in [4.69, 9.17) is 5.73 Å². The van der Waals surface area contributed by atoms with Crippen LogP contribution in [0, 0.1) is 0 Å². The molecule has 2 aromatic rings. The van der Waals surface area contributed by atoms with Gasteiger partial charge in [-0.15, -0.1) is 11.3 Å². The molecular formula is C19H26N6O4S2. The quantitative estimate of drug-likeness (QED) is 0.464. The lowest BCUT2D eigenvalue weighted by Gasteiger charge is -2.32. The Hall–Kier alpha value is -2.38. The summed E-state index contributed by atoms with van der Waals surface area (Å²) in [5, 5.41) is 3.51. The highest BCUT2D eigenvalue weighted by Gasteiger charge is 2.36. The lowest BCUT2D eigenvalue weighted by molar-refractivity contribution is -0.125. The van der Waals surface area contributed by atoms with Crippen LogP contribution in [0.2, 0.25) is 0 Å². The predicted octanol–water partition coefficient (Wildman–Crippen LogP) is -0.299. The van der Waals surface area contributed by atoms with Crippen LogP contribution < -0.4 is 20.7 Å². The topological polar surface area (TPSA) is 138 Å². The first kappa shape index (κ1) is 23.3. The van der Waals surface area contributed by atoms with Gasteiger partial charge in [-0.05, 0) is 18.9 Å². The maximum Gasteiger partial charge on any atom is 0.280 e. The predicted molar refractivity (Wildman–Crippen MR) is 119 cm³/mol. The van der Waals surface area contributed by atoms with Crippen molar-refractivity contribution >= 4 is 38.4 Å². The van der Waals surface area contributed by atoms with Gasteiger partial charge in [0, 0.05) is 26.2 Å². The molecule has 1 saturated heterocycles. The van der Waals surface area contributed by atoms with E-state index in [1.165, 1.54) is 39.2 Å². The fraction of sp³-hybridized carbons (Fsp3) is 0.421. The number of carbonyl (C=O) groups is 2. The van der Waals surface area contributed by atoms with Crippen molar-refractivity contribution in [1.82, 2.24) is 19.3 Å². The molecule has 1 fully saturated rings. The number of rotatable bonds is 9. The highest BCUT2D eigenvalue weighted by Crippen LogP contribution is 2.24. The van der Waals surface area contributed by atoms with Crippen molar-refractivity contribution < 1.29 is 18.0 Å². The fourth-order valence-corrected chi connectivity index (χ4v) is 5.35. The Morgan fingerprint density at radius 1 is 1.29 bits per heavy atom. The SMILES string of the molecule is C[C@@H](C(N)=O)N(C(=O)[C@H](Cc1ccccc1)NS(=O)(=O)N1CCNCC1)c1cncs1. The van der Waals surface area contributed by atoms with E-state index in [0.717, 1.165) is 5.56 Å². The van der Waals surface area contributed by atoms with E-state index in [2.05, 4.69) is 15.0 Å². The average Bonchev–Trinajstić information content (AvgIpc) is 3.29. The fourth-order valence-electron chi connectivity index (χ4n) is 3.28. The number of thiazole rings is 1. The molecule has 1 aromatic carbocycles. The molecule has 0 bridgehead atoms. The molecule has 3 rings (SSSR count). The molecule has 2 atom stereocenters. The van der Waals surface area contributed by atoms with Crippen molar-refractivity contribution in [3.8, 4) is 0 Å². The second-order valence-corrected chi connectivity index (χ2v) is 9.71. The molecule has 0 radical (unpaired) electrons. The van der Waals surface area contributed by atoms with E-state index < -0.39 is 34.1 Å². The minimum Gasteiger partial charge on any atom is -0.368 e. The first-order valence-corrected chi connectivity index (χ1v) is 12.1. The summed E-state index contributed by atoms with van der Waals surface area (Å²) in [6.45, 7) is 3.17. The molecule has 1 aromatic heterocycles. The lowest BCUT2D eigenvalue weighted by Crippen LogP contribution is -2.58. The first-order valence-electron chi connectivity index (χ1n) is 9.82. The Labute approximate surface area is 185 Å². The summed E-state index contributed by atoms with van der Waals surface area (Å²) in [6.07, 6.45) is 1.57. The van der Waals surface area contributed by atoms with Crippen LogP contribution in [0.1, 0.15) is 12.5 Å². The van der Waals surface area contributed by atoms with E-state index in [0.29, 0.717) is 31.2 Å². The number of anilines is 1. The van der Waals surface area contributed by atoms with Crippen LogP contribution in [0.15, 0.2) is 42.0 Å². The van der Waals surface area contributed by atoms with Gasteiger partial charge in [-0.3, -0.25) is 19.5 Å². The summed E-state index contributed by atoms with van der Waals surface area (Å²) in [4.78, 5) is 30.7.